The minimum absolute atomic E-state index is 0.234. The quantitative estimate of drug-likeness (QED) is 0.666. The van der Waals surface area contributed by atoms with Crippen LogP contribution in [0.4, 0.5) is 0 Å². The van der Waals surface area contributed by atoms with E-state index in [1.807, 2.05) is 0 Å². The maximum atomic E-state index is 5.92. The van der Waals surface area contributed by atoms with Crippen LogP contribution in [0.15, 0.2) is 42.5 Å². The Bertz CT molecular complexity index is 633. The molecular weight excluding hydrogens is 256 g/mol. The number of fused-ring (bicyclic) bond motifs is 1. The van der Waals surface area contributed by atoms with Crippen molar-refractivity contribution in [2.75, 3.05) is 0 Å². The van der Waals surface area contributed by atoms with Gasteiger partial charge in [0.15, 0.2) is 0 Å². The fraction of sp³-hybridized carbons (Fsp3) is 0.368. The van der Waals surface area contributed by atoms with Crippen LogP contribution in [0.2, 0.25) is 0 Å². The predicted octanol–water partition coefficient (Wildman–Crippen LogP) is 3.61. The molecule has 2 nitrogen and oxygen atoms in total. The van der Waals surface area contributed by atoms with E-state index in [-0.39, 0.29) is 6.04 Å². The first-order valence-electron chi connectivity index (χ1n) is 7.79. The van der Waals surface area contributed by atoms with Gasteiger partial charge in [-0.3, -0.25) is 11.3 Å². The third kappa shape index (κ3) is 2.74. The molecule has 1 aliphatic rings. The van der Waals surface area contributed by atoms with E-state index >= 15 is 0 Å². The Morgan fingerprint density at radius 2 is 1.81 bits per heavy atom. The van der Waals surface area contributed by atoms with E-state index in [9.17, 15) is 0 Å². The molecule has 0 aliphatic heterocycles. The van der Waals surface area contributed by atoms with Gasteiger partial charge >= 0.3 is 0 Å². The van der Waals surface area contributed by atoms with Crippen molar-refractivity contribution in [3.05, 3.63) is 70.3 Å². The van der Waals surface area contributed by atoms with Crippen LogP contribution in [0, 0.1) is 19.8 Å². The summed E-state index contributed by atoms with van der Waals surface area (Å²) in [6.07, 6.45) is 3.46. The van der Waals surface area contributed by atoms with Crippen LogP contribution in [-0.4, -0.2) is 0 Å². The van der Waals surface area contributed by atoms with Gasteiger partial charge in [0.2, 0.25) is 0 Å². The molecule has 0 saturated heterocycles. The Morgan fingerprint density at radius 3 is 2.57 bits per heavy atom. The van der Waals surface area contributed by atoms with Gasteiger partial charge in [-0.15, -0.1) is 0 Å². The molecule has 0 saturated carbocycles. The first-order valence-corrected chi connectivity index (χ1v) is 7.79. The number of hydrogen-bond acceptors (Lipinski definition) is 2. The number of nitrogens with two attached hydrogens (primary N) is 1. The Hall–Kier alpha value is -1.64. The van der Waals surface area contributed by atoms with Crippen molar-refractivity contribution < 1.29 is 0 Å². The molecule has 110 valence electrons. The zero-order valence-corrected chi connectivity index (χ0v) is 12.9. The molecule has 0 heterocycles. The van der Waals surface area contributed by atoms with Crippen molar-refractivity contribution >= 4 is 0 Å². The van der Waals surface area contributed by atoms with Crippen molar-refractivity contribution in [3.63, 3.8) is 0 Å². The molecule has 0 spiro atoms. The second kappa shape index (κ2) is 6.00. The second-order valence-electron chi connectivity index (χ2n) is 6.21. The summed E-state index contributed by atoms with van der Waals surface area (Å²) in [6, 6.07) is 15.6. The summed E-state index contributed by atoms with van der Waals surface area (Å²) in [7, 11) is 0. The summed E-state index contributed by atoms with van der Waals surface area (Å²) in [5.41, 5.74) is 10.1. The molecule has 3 N–H and O–H groups in total. The molecule has 2 aromatic rings. The Balaban J connectivity index is 1.90. The fourth-order valence-corrected chi connectivity index (χ4v) is 3.60. The topological polar surface area (TPSA) is 38.0 Å². The molecule has 3 rings (SSSR count). The highest BCUT2D eigenvalue weighted by molar-refractivity contribution is 5.37. The lowest BCUT2D eigenvalue weighted by molar-refractivity contribution is 0.328. The van der Waals surface area contributed by atoms with Gasteiger partial charge in [0.05, 0.1) is 0 Å². The standard InChI is InChI=1S/C19H24N2/c1-13-6-5-9-18(14(13)2)19(21-20)17-11-10-15-7-3-4-8-16(15)12-17/h3-9,17,19,21H,10-12,20H2,1-2H3. The Labute approximate surface area is 127 Å². The summed E-state index contributed by atoms with van der Waals surface area (Å²) in [4.78, 5) is 0. The number of aryl methyl sites for hydroxylation is 2. The molecule has 0 radical (unpaired) electrons. The predicted molar refractivity (Wildman–Crippen MR) is 87.9 cm³/mol. The molecule has 0 aromatic heterocycles. The Kier molecular flexibility index (Phi) is 4.09. The molecule has 0 bridgehead atoms. The highest BCUT2D eigenvalue weighted by Crippen LogP contribution is 2.35. The van der Waals surface area contributed by atoms with Gasteiger partial charge in [-0.1, -0.05) is 42.5 Å². The second-order valence-corrected chi connectivity index (χ2v) is 6.21. The number of hydrogen-bond donors (Lipinski definition) is 2. The molecule has 2 unspecified atom stereocenters. The van der Waals surface area contributed by atoms with E-state index in [2.05, 4.69) is 61.7 Å². The van der Waals surface area contributed by atoms with E-state index in [0.29, 0.717) is 5.92 Å². The molecule has 2 heteroatoms. The highest BCUT2D eigenvalue weighted by Gasteiger charge is 2.27. The van der Waals surface area contributed by atoms with E-state index in [1.54, 1.807) is 0 Å². The fourth-order valence-electron chi connectivity index (χ4n) is 3.60. The van der Waals surface area contributed by atoms with Gasteiger partial charge < -0.3 is 0 Å². The lowest BCUT2D eigenvalue weighted by atomic mass is 9.77. The van der Waals surface area contributed by atoms with Gasteiger partial charge in [0.25, 0.3) is 0 Å². The molecule has 0 amide bonds. The number of rotatable bonds is 3. The SMILES string of the molecule is Cc1cccc(C(NN)C2CCc3ccccc3C2)c1C. The van der Waals surface area contributed by atoms with Crippen LogP contribution in [0.25, 0.3) is 0 Å². The minimum atomic E-state index is 0.234. The van der Waals surface area contributed by atoms with Gasteiger partial charge in [-0.25, -0.2) is 0 Å². The van der Waals surface area contributed by atoms with Gasteiger partial charge in [-0.2, -0.15) is 0 Å². The number of nitrogens with one attached hydrogen (secondary N) is 1. The van der Waals surface area contributed by atoms with E-state index < -0.39 is 0 Å². The normalized spacial score (nSPS) is 19.1. The van der Waals surface area contributed by atoms with Crippen molar-refractivity contribution in [2.45, 2.75) is 39.2 Å². The van der Waals surface area contributed by atoms with Crippen LogP contribution < -0.4 is 11.3 Å². The molecule has 2 atom stereocenters. The first-order chi connectivity index (χ1) is 10.2. The third-order valence-corrected chi connectivity index (χ3v) is 5.02. The van der Waals surface area contributed by atoms with Crippen molar-refractivity contribution in [3.8, 4) is 0 Å². The van der Waals surface area contributed by atoms with Gasteiger partial charge in [0, 0.05) is 6.04 Å². The summed E-state index contributed by atoms with van der Waals surface area (Å²) in [6.45, 7) is 4.37. The van der Waals surface area contributed by atoms with Gasteiger partial charge in [-0.05, 0) is 66.8 Å². The summed E-state index contributed by atoms with van der Waals surface area (Å²) in [5, 5.41) is 0. The molecule has 2 aromatic carbocycles. The molecule has 21 heavy (non-hydrogen) atoms. The third-order valence-electron chi connectivity index (χ3n) is 5.02. The van der Waals surface area contributed by atoms with Crippen LogP contribution in [0.5, 0.6) is 0 Å². The summed E-state index contributed by atoms with van der Waals surface area (Å²) >= 11 is 0. The van der Waals surface area contributed by atoms with E-state index in [1.165, 1.54) is 34.2 Å². The molecule has 1 aliphatic carbocycles. The minimum Gasteiger partial charge on any atom is -0.271 e. The van der Waals surface area contributed by atoms with Crippen molar-refractivity contribution in [1.82, 2.24) is 5.43 Å². The molecule has 0 fully saturated rings. The van der Waals surface area contributed by atoms with Crippen LogP contribution in [0.1, 0.15) is 40.3 Å². The largest absolute Gasteiger partial charge is 0.271 e. The average molecular weight is 280 g/mol. The van der Waals surface area contributed by atoms with Crippen molar-refractivity contribution in [2.24, 2.45) is 11.8 Å². The lowest BCUT2D eigenvalue weighted by Gasteiger charge is -2.32. The smallest absolute Gasteiger partial charge is 0.0494 e. The number of hydrazine groups is 1. The first kappa shape index (κ1) is 14.3. The zero-order chi connectivity index (χ0) is 14.8. The van der Waals surface area contributed by atoms with Crippen LogP contribution >= 0.6 is 0 Å². The van der Waals surface area contributed by atoms with E-state index in [4.69, 9.17) is 5.84 Å². The van der Waals surface area contributed by atoms with E-state index in [0.717, 1.165) is 12.8 Å². The zero-order valence-electron chi connectivity index (χ0n) is 12.9. The van der Waals surface area contributed by atoms with Crippen LogP contribution in [0.3, 0.4) is 0 Å². The Morgan fingerprint density at radius 1 is 1.05 bits per heavy atom. The maximum absolute atomic E-state index is 5.92. The summed E-state index contributed by atoms with van der Waals surface area (Å²) in [5.74, 6) is 6.49. The number of benzene rings is 2. The van der Waals surface area contributed by atoms with Crippen molar-refractivity contribution in [1.29, 1.82) is 0 Å². The monoisotopic (exact) mass is 280 g/mol. The summed E-state index contributed by atoms with van der Waals surface area (Å²) < 4.78 is 0. The van der Waals surface area contributed by atoms with Crippen LogP contribution in [-0.2, 0) is 12.8 Å². The maximum Gasteiger partial charge on any atom is 0.0494 e. The highest BCUT2D eigenvalue weighted by atomic mass is 15.2. The molecular formula is C19H24N2. The average Bonchev–Trinajstić information content (AvgIpc) is 2.52. The van der Waals surface area contributed by atoms with Gasteiger partial charge in [0.1, 0.15) is 0 Å². The lowest BCUT2D eigenvalue weighted by Crippen LogP contribution is -2.36.